The van der Waals surface area contributed by atoms with Gasteiger partial charge in [0.05, 0.1) is 11.8 Å². The molecule has 164 valence electrons. The van der Waals surface area contributed by atoms with E-state index in [-0.39, 0.29) is 25.3 Å². The number of hydrogen-bond acceptors (Lipinski definition) is 6. The largest absolute Gasteiger partial charge is 0.444 e. The Labute approximate surface area is 169 Å². The molecule has 0 aliphatic carbocycles. The van der Waals surface area contributed by atoms with Gasteiger partial charge in [0.25, 0.3) is 0 Å². The van der Waals surface area contributed by atoms with E-state index in [4.69, 9.17) is 9.47 Å². The highest BCUT2D eigenvalue weighted by Gasteiger charge is 2.37. The first-order valence-corrected chi connectivity index (χ1v) is 11.0. The Morgan fingerprint density at radius 2 is 1.46 bits per heavy atom. The molecule has 1 atom stereocenters. The third kappa shape index (κ3) is 7.83. The van der Waals surface area contributed by atoms with Crippen molar-refractivity contribution in [2.24, 2.45) is 0 Å². The van der Waals surface area contributed by atoms with Gasteiger partial charge in [0.1, 0.15) is 11.2 Å². The maximum atomic E-state index is 12.6. The van der Waals surface area contributed by atoms with Crippen molar-refractivity contribution < 1.29 is 27.5 Å². The van der Waals surface area contributed by atoms with E-state index >= 15 is 0 Å². The second-order valence-corrected chi connectivity index (χ2v) is 11.4. The van der Waals surface area contributed by atoms with Crippen molar-refractivity contribution in [3.8, 4) is 0 Å². The number of carbonyl (C=O) groups excluding carboxylic acids is 2. The number of sulfonamides is 1. The van der Waals surface area contributed by atoms with Gasteiger partial charge in [-0.05, 0) is 48.0 Å². The molecule has 1 fully saturated rings. The van der Waals surface area contributed by atoms with Crippen LogP contribution in [0.15, 0.2) is 0 Å². The summed E-state index contributed by atoms with van der Waals surface area (Å²) in [5, 5.41) is 0. The van der Waals surface area contributed by atoms with Crippen LogP contribution < -0.4 is 0 Å². The van der Waals surface area contributed by atoms with Gasteiger partial charge >= 0.3 is 12.2 Å². The fourth-order valence-electron chi connectivity index (χ4n) is 2.62. The van der Waals surface area contributed by atoms with Gasteiger partial charge in [-0.15, -0.1) is 0 Å². The highest BCUT2D eigenvalue weighted by atomic mass is 32.2. The zero-order chi connectivity index (χ0) is 21.9. The second-order valence-electron chi connectivity index (χ2n) is 9.14. The van der Waals surface area contributed by atoms with Gasteiger partial charge in [-0.1, -0.05) is 0 Å². The predicted octanol–water partition coefficient (Wildman–Crippen LogP) is 2.12. The highest BCUT2D eigenvalue weighted by molar-refractivity contribution is 7.89. The minimum atomic E-state index is -3.43. The van der Waals surface area contributed by atoms with Gasteiger partial charge in [0.2, 0.25) is 10.0 Å². The van der Waals surface area contributed by atoms with Crippen LogP contribution in [0, 0.1) is 0 Å². The van der Waals surface area contributed by atoms with Gasteiger partial charge in [-0.25, -0.2) is 22.3 Å². The second kappa shape index (κ2) is 8.86. The zero-order valence-electron chi connectivity index (χ0n) is 18.3. The summed E-state index contributed by atoms with van der Waals surface area (Å²) >= 11 is 0. The van der Waals surface area contributed by atoms with Crippen LogP contribution >= 0.6 is 0 Å². The zero-order valence-corrected chi connectivity index (χ0v) is 19.1. The Morgan fingerprint density at radius 3 is 1.93 bits per heavy atom. The first-order chi connectivity index (χ1) is 12.5. The van der Waals surface area contributed by atoms with E-state index in [1.54, 1.807) is 41.5 Å². The number of rotatable bonds is 4. The lowest BCUT2D eigenvalue weighted by molar-refractivity contribution is -0.0151. The fourth-order valence-corrected chi connectivity index (χ4v) is 3.56. The fraction of sp³-hybridized carbons (Fsp3) is 0.889. The van der Waals surface area contributed by atoms with Crippen molar-refractivity contribution in [3.63, 3.8) is 0 Å². The quantitative estimate of drug-likeness (QED) is 0.690. The maximum absolute atomic E-state index is 12.6. The molecule has 0 aromatic carbocycles. The van der Waals surface area contributed by atoms with Crippen LogP contribution in [0.2, 0.25) is 0 Å². The molecule has 10 heteroatoms. The molecule has 1 rings (SSSR count). The van der Waals surface area contributed by atoms with E-state index in [1.165, 1.54) is 23.9 Å². The summed E-state index contributed by atoms with van der Waals surface area (Å²) in [6.07, 6.45) is -0.792. The van der Waals surface area contributed by atoms with Crippen LogP contribution in [0.5, 0.6) is 0 Å². The average Bonchev–Trinajstić information content (AvgIpc) is 2.49. The Bertz CT molecular complexity index is 664. The van der Waals surface area contributed by atoms with Crippen molar-refractivity contribution in [1.29, 1.82) is 0 Å². The van der Waals surface area contributed by atoms with Crippen LogP contribution in [-0.4, -0.2) is 91.4 Å². The van der Waals surface area contributed by atoms with Crippen LogP contribution in [0.3, 0.4) is 0 Å². The summed E-state index contributed by atoms with van der Waals surface area (Å²) in [6.45, 7) is 11.4. The molecule has 0 saturated carbocycles. The van der Waals surface area contributed by atoms with E-state index < -0.39 is 39.5 Å². The van der Waals surface area contributed by atoms with Crippen LogP contribution in [0.25, 0.3) is 0 Å². The minimum Gasteiger partial charge on any atom is -0.444 e. The van der Waals surface area contributed by atoms with Crippen molar-refractivity contribution in [1.82, 2.24) is 14.1 Å². The maximum Gasteiger partial charge on any atom is 0.410 e. The summed E-state index contributed by atoms with van der Waals surface area (Å²) in [5.74, 6) is -0.133. The SMILES string of the molecule is CN(C)S(=O)(=O)CCC1CN(C(=O)OC(C)(C)C)CCN1C(=O)OC(C)(C)C. The van der Waals surface area contributed by atoms with Crippen LogP contribution in [0.4, 0.5) is 9.59 Å². The van der Waals surface area contributed by atoms with Crippen LogP contribution in [0.1, 0.15) is 48.0 Å². The summed E-state index contributed by atoms with van der Waals surface area (Å²) in [4.78, 5) is 28.0. The van der Waals surface area contributed by atoms with E-state index in [2.05, 4.69) is 0 Å². The Balaban J connectivity index is 2.95. The Morgan fingerprint density at radius 1 is 0.964 bits per heavy atom. The highest BCUT2D eigenvalue weighted by Crippen LogP contribution is 2.20. The molecule has 0 aromatic rings. The van der Waals surface area contributed by atoms with E-state index in [9.17, 15) is 18.0 Å². The number of amides is 2. The van der Waals surface area contributed by atoms with Gasteiger partial charge < -0.3 is 19.3 Å². The molecule has 1 aliphatic rings. The first-order valence-electron chi connectivity index (χ1n) is 9.39. The molecule has 1 saturated heterocycles. The lowest BCUT2D eigenvalue weighted by atomic mass is 10.1. The van der Waals surface area contributed by atoms with Crippen LogP contribution in [-0.2, 0) is 19.5 Å². The predicted molar refractivity (Wildman–Crippen MR) is 107 cm³/mol. The number of carbonyl (C=O) groups is 2. The standard InChI is InChI=1S/C18H35N3O6S/c1-17(2,3)26-15(22)20-10-11-21(16(23)27-18(4,5)6)14(13-20)9-12-28(24,25)19(7)8/h14H,9-13H2,1-8H3. The number of ether oxygens (including phenoxy) is 2. The van der Waals surface area contributed by atoms with Gasteiger partial charge in [-0.3, -0.25) is 0 Å². The minimum absolute atomic E-state index is 0.133. The third-order valence-corrected chi connectivity index (χ3v) is 5.89. The van der Waals surface area contributed by atoms with Gasteiger partial charge in [0, 0.05) is 33.7 Å². The smallest absolute Gasteiger partial charge is 0.410 e. The normalized spacial score (nSPS) is 19.0. The molecule has 0 N–H and O–H groups in total. The monoisotopic (exact) mass is 421 g/mol. The Kier molecular flexibility index (Phi) is 7.74. The molecule has 28 heavy (non-hydrogen) atoms. The third-order valence-electron chi connectivity index (χ3n) is 4.03. The molecule has 1 unspecified atom stereocenters. The molecular weight excluding hydrogens is 386 g/mol. The number of piperazine rings is 1. The first kappa shape index (κ1) is 24.5. The van der Waals surface area contributed by atoms with Crippen molar-refractivity contribution >= 4 is 22.2 Å². The summed E-state index contributed by atoms with van der Waals surface area (Å²) < 4.78 is 36.4. The molecule has 1 aliphatic heterocycles. The van der Waals surface area contributed by atoms with Crippen molar-refractivity contribution in [2.45, 2.75) is 65.2 Å². The molecule has 0 aromatic heterocycles. The van der Waals surface area contributed by atoms with Gasteiger partial charge in [0.15, 0.2) is 0 Å². The summed E-state index contributed by atoms with van der Waals surface area (Å²) in [5.41, 5.74) is -1.30. The van der Waals surface area contributed by atoms with Crippen molar-refractivity contribution in [2.75, 3.05) is 39.5 Å². The lowest BCUT2D eigenvalue weighted by Gasteiger charge is -2.42. The topological polar surface area (TPSA) is 96.5 Å². The summed E-state index contributed by atoms with van der Waals surface area (Å²) in [6, 6.07) is -0.481. The molecule has 0 bridgehead atoms. The molecule has 0 radical (unpaired) electrons. The molecule has 0 spiro atoms. The molecule has 9 nitrogen and oxygen atoms in total. The number of hydrogen-bond donors (Lipinski definition) is 0. The van der Waals surface area contributed by atoms with E-state index in [0.29, 0.717) is 6.54 Å². The van der Waals surface area contributed by atoms with E-state index in [0.717, 1.165) is 4.31 Å². The summed E-state index contributed by atoms with van der Waals surface area (Å²) in [7, 11) is -0.494. The van der Waals surface area contributed by atoms with Gasteiger partial charge in [-0.2, -0.15) is 0 Å². The molecule has 1 heterocycles. The number of nitrogens with zero attached hydrogens (tertiary/aromatic N) is 3. The molecular formula is C18H35N3O6S. The average molecular weight is 422 g/mol. The molecule has 2 amide bonds. The Hall–Kier alpha value is -1.55. The van der Waals surface area contributed by atoms with Crippen molar-refractivity contribution in [3.05, 3.63) is 0 Å². The van der Waals surface area contributed by atoms with E-state index in [1.807, 2.05) is 0 Å². The lowest BCUT2D eigenvalue weighted by Crippen LogP contribution is -2.58.